The molecule has 0 saturated carbocycles. The lowest BCUT2D eigenvalue weighted by Crippen LogP contribution is -2.54. The molecule has 1 saturated heterocycles. The molecule has 1 fully saturated rings. The number of hydrogen-bond acceptors (Lipinski definition) is 3. The van der Waals surface area contributed by atoms with Crippen molar-refractivity contribution in [3.05, 3.63) is 29.3 Å². The van der Waals surface area contributed by atoms with Gasteiger partial charge in [-0.05, 0) is 25.5 Å². The van der Waals surface area contributed by atoms with E-state index < -0.39 is 0 Å². The van der Waals surface area contributed by atoms with Crippen LogP contribution in [0.3, 0.4) is 0 Å². The number of nitrogens with zero attached hydrogens (tertiary/aromatic N) is 2. The smallest absolute Gasteiger partial charge is 0.242 e. The van der Waals surface area contributed by atoms with Gasteiger partial charge in [-0.25, -0.2) is 0 Å². The number of anilines is 1. The summed E-state index contributed by atoms with van der Waals surface area (Å²) in [5, 5.41) is 12.0. The maximum absolute atomic E-state index is 11.7. The number of rotatable bonds is 1. The Balaban J connectivity index is 2.46. The van der Waals surface area contributed by atoms with Gasteiger partial charge < -0.3 is 10.2 Å². The van der Waals surface area contributed by atoms with Crippen LogP contribution in [-0.2, 0) is 4.79 Å². The zero-order valence-electron chi connectivity index (χ0n) is 10.0. The Bertz CT molecular complexity index is 490. The molecular weight excluding hydrogens is 214 g/mol. The lowest BCUT2D eigenvalue weighted by Gasteiger charge is -2.36. The van der Waals surface area contributed by atoms with Crippen LogP contribution in [-0.4, -0.2) is 25.0 Å². The molecule has 4 heteroatoms. The van der Waals surface area contributed by atoms with Crippen molar-refractivity contribution in [3.63, 3.8) is 0 Å². The minimum absolute atomic E-state index is 0.0170. The maximum atomic E-state index is 11.7. The highest BCUT2D eigenvalue weighted by Gasteiger charge is 2.27. The fraction of sp³-hybridized carbons (Fsp3) is 0.385. The van der Waals surface area contributed by atoms with Crippen molar-refractivity contribution in [1.82, 2.24) is 5.32 Å². The van der Waals surface area contributed by atoms with Crippen molar-refractivity contribution in [2.75, 3.05) is 18.0 Å². The van der Waals surface area contributed by atoms with E-state index in [9.17, 15) is 4.79 Å². The van der Waals surface area contributed by atoms with Crippen molar-refractivity contribution in [3.8, 4) is 6.07 Å². The molecule has 0 bridgehead atoms. The molecule has 1 heterocycles. The molecule has 1 aliphatic rings. The minimum Gasteiger partial charge on any atom is -0.357 e. The van der Waals surface area contributed by atoms with Crippen molar-refractivity contribution in [2.24, 2.45) is 0 Å². The van der Waals surface area contributed by atoms with Crippen molar-refractivity contribution >= 4 is 11.6 Å². The second-order valence-electron chi connectivity index (χ2n) is 4.24. The minimum atomic E-state index is -0.225. The molecule has 0 aliphatic carbocycles. The zero-order valence-corrected chi connectivity index (χ0v) is 10.0. The third kappa shape index (κ3) is 1.96. The van der Waals surface area contributed by atoms with Crippen LogP contribution < -0.4 is 10.2 Å². The van der Waals surface area contributed by atoms with Gasteiger partial charge in [-0.3, -0.25) is 4.79 Å². The molecule has 1 atom stereocenters. The number of amides is 1. The van der Waals surface area contributed by atoms with Gasteiger partial charge in [0.05, 0.1) is 11.3 Å². The van der Waals surface area contributed by atoms with E-state index in [0.29, 0.717) is 12.1 Å². The van der Waals surface area contributed by atoms with Crippen molar-refractivity contribution in [2.45, 2.75) is 19.9 Å². The van der Waals surface area contributed by atoms with Crippen LogP contribution in [0.25, 0.3) is 0 Å². The van der Waals surface area contributed by atoms with E-state index in [1.807, 2.05) is 30.9 Å². The molecule has 1 N–H and O–H groups in total. The lowest BCUT2D eigenvalue weighted by atomic mass is 10.0. The van der Waals surface area contributed by atoms with Crippen LogP contribution in [0.1, 0.15) is 18.1 Å². The molecule has 1 aromatic carbocycles. The van der Waals surface area contributed by atoms with Crippen LogP contribution in [0.15, 0.2) is 18.2 Å². The summed E-state index contributed by atoms with van der Waals surface area (Å²) >= 11 is 0. The van der Waals surface area contributed by atoms with Gasteiger partial charge in [0, 0.05) is 13.1 Å². The topological polar surface area (TPSA) is 56.1 Å². The second kappa shape index (κ2) is 4.46. The number of carbonyl (C=O) groups excluding carboxylic acids is 1. The van der Waals surface area contributed by atoms with Crippen LogP contribution >= 0.6 is 0 Å². The largest absolute Gasteiger partial charge is 0.357 e. The molecule has 1 aliphatic heterocycles. The van der Waals surface area contributed by atoms with Crippen LogP contribution in [0, 0.1) is 18.3 Å². The molecule has 1 amide bonds. The zero-order chi connectivity index (χ0) is 12.4. The van der Waals surface area contributed by atoms with E-state index in [2.05, 4.69) is 11.4 Å². The average Bonchev–Trinajstić information content (AvgIpc) is 2.33. The highest BCUT2D eigenvalue weighted by atomic mass is 16.2. The van der Waals surface area contributed by atoms with E-state index >= 15 is 0 Å². The first-order valence-corrected chi connectivity index (χ1v) is 5.69. The highest BCUT2D eigenvalue weighted by molar-refractivity contribution is 5.87. The first-order valence-electron chi connectivity index (χ1n) is 5.69. The van der Waals surface area contributed by atoms with Crippen LogP contribution in [0.5, 0.6) is 0 Å². The van der Waals surface area contributed by atoms with Gasteiger partial charge >= 0.3 is 0 Å². The molecule has 0 spiro atoms. The number of nitriles is 1. The Morgan fingerprint density at radius 3 is 3.00 bits per heavy atom. The van der Waals surface area contributed by atoms with E-state index in [1.165, 1.54) is 0 Å². The van der Waals surface area contributed by atoms with Gasteiger partial charge in [0.15, 0.2) is 0 Å². The molecule has 0 aromatic heterocycles. The SMILES string of the molecule is Cc1cccc(C#N)c1N1CCNC(=O)C1C. The highest BCUT2D eigenvalue weighted by Crippen LogP contribution is 2.27. The number of nitrogens with one attached hydrogen (secondary N) is 1. The Labute approximate surface area is 101 Å². The Morgan fingerprint density at radius 1 is 1.53 bits per heavy atom. The van der Waals surface area contributed by atoms with E-state index in [1.54, 1.807) is 6.07 Å². The van der Waals surface area contributed by atoms with E-state index in [0.717, 1.165) is 17.8 Å². The van der Waals surface area contributed by atoms with E-state index in [4.69, 9.17) is 5.26 Å². The summed E-state index contributed by atoms with van der Waals surface area (Å²) in [5.41, 5.74) is 2.55. The lowest BCUT2D eigenvalue weighted by molar-refractivity contribution is -0.122. The Kier molecular flexibility index (Phi) is 3.01. The summed E-state index contributed by atoms with van der Waals surface area (Å²) in [5.74, 6) is 0.0170. The maximum Gasteiger partial charge on any atom is 0.242 e. The van der Waals surface area contributed by atoms with Gasteiger partial charge in [-0.1, -0.05) is 12.1 Å². The fourth-order valence-electron chi connectivity index (χ4n) is 2.22. The molecular formula is C13H15N3O. The molecule has 0 radical (unpaired) electrons. The predicted molar refractivity (Wildman–Crippen MR) is 65.7 cm³/mol. The number of para-hydroxylation sites is 1. The quantitative estimate of drug-likeness (QED) is 0.787. The number of carbonyl (C=O) groups is 1. The summed E-state index contributed by atoms with van der Waals surface area (Å²) < 4.78 is 0. The number of benzene rings is 1. The van der Waals surface area contributed by atoms with Crippen LogP contribution in [0.4, 0.5) is 5.69 Å². The van der Waals surface area contributed by atoms with Crippen molar-refractivity contribution in [1.29, 1.82) is 5.26 Å². The summed E-state index contributed by atoms with van der Waals surface area (Å²) in [6, 6.07) is 7.60. The summed E-state index contributed by atoms with van der Waals surface area (Å²) in [7, 11) is 0. The molecule has 88 valence electrons. The molecule has 1 aromatic rings. The monoisotopic (exact) mass is 229 g/mol. The Hall–Kier alpha value is -2.02. The van der Waals surface area contributed by atoms with Gasteiger partial charge in [0.2, 0.25) is 5.91 Å². The van der Waals surface area contributed by atoms with Crippen LogP contribution in [0.2, 0.25) is 0 Å². The number of aryl methyl sites for hydroxylation is 1. The fourth-order valence-corrected chi connectivity index (χ4v) is 2.22. The second-order valence-corrected chi connectivity index (χ2v) is 4.24. The van der Waals surface area contributed by atoms with Gasteiger partial charge in [0.25, 0.3) is 0 Å². The first kappa shape index (κ1) is 11.5. The molecule has 4 nitrogen and oxygen atoms in total. The summed E-state index contributed by atoms with van der Waals surface area (Å²) in [6.07, 6.45) is 0. The predicted octanol–water partition coefficient (Wildman–Crippen LogP) is 1.19. The number of hydrogen-bond donors (Lipinski definition) is 1. The van der Waals surface area contributed by atoms with Gasteiger partial charge in [0.1, 0.15) is 12.1 Å². The standard InChI is InChI=1S/C13H15N3O/c1-9-4-3-5-11(8-14)12(9)16-7-6-15-13(17)10(16)2/h3-5,10H,6-7H2,1-2H3,(H,15,17). The average molecular weight is 229 g/mol. The molecule has 1 unspecified atom stereocenters. The van der Waals surface area contributed by atoms with Crippen molar-refractivity contribution < 1.29 is 4.79 Å². The summed E-state index contributed by atoms with van der Waals surface area (Å²) in [4.78, 5) is 13.7. The van der Waals surface area contributed by atoms with Gasteiger partial charge in [-0.2, -0.15) is 5.26 Å². The Morgan fingerprint density at radius 2 is 2.29 bits per heavy atom. The molecule has 2 rings (SSSR count). The summed E-state index contributed by atoms with van der Waals surface area (Å²) in [6.45, 7) is 5.20. The normalized spacial score (nSPS) is 19.7. The first-order chi connectivity index (χ1) is 8.15. The molecule has 17 heavy (non-hydrogen) atoms. The van der Waals surface area contributed by atoms with E-state index in [-0.39, 0.29) is 11.9 Å². The number of piperazine rings is 1. The third-order valence-corrected chi connectivity index (χ3v) is 3.14. The third-order valence-electron chi connectivity index (χ3n) is 3.14. The van der Waals surface area contributed by atoms with Gasteiger partial charge in [-0.15, -0.1) is 0 Å².